The summed E-state index contributed by atoms with van der Waals surface area (Å²) in [6.45, 7) is 6.41. The van der Waals surface area contributed by atoms with E-state index in [0.29, 0.717) is 25.9 Å². The number of hydrogen-bond donors (Lipinski definition) is 3. The molecule has 0 aromatic carbocycles. The number of carbonyl (C=O) groups excluding carboxylic acids is 1. The molecule has 118 valence electrons. The largest absolute Gasteiger partial charge is 0.480 e. The van der Waals surface area contributed by atoms with Gasteiger partial charge in [-0.15, -0.1) is 0 Å². The maximum absolute atomic E-state index is 11.4. The Balaban J connectivity index is 3.73. The predicted octanol–water partition coefficient (Wildman–Crippen LogP) is 1.70. The zero-order valence-electron chi connectivity index (χ0n) is 12.7. The summed E-state index contributed by atoms with van der Waals surface area (Å²) in [4.78, 5) is 22.3. The molecule has 0 rings (SSSR count). The zero-order valence-corrected chi connectivity index (χ0v) is 13.5. The Morgan fingerprint density at radius 3 is 2.45 bits per heavy atom. The van der Waals surface area contributed by atoms with E-state index in [1.807, 2.05) is 6.26 Å². The Morgan fingerprint density at radius 2 is 1.95 bits per heavy atom. The van der Waals surface area contributed by atoms with Crippen molar-refractivity contribution >= 4 is 23.8 Å². The quantitative estimate of drug-likeness (QED) is 0.562. The van der Waals surface area contributed by atoms with E-state index in [1.54, 1.807) is 32.5 Å². The van der Waals surface area contributed by atoms with Crippen molar-refractivity contribution in [1.29, 1.82) is 0 Å². The third kappa shape index (κ3) is 10.9. The lowest BCUT2D eigenvalue weighted by molar-refractivity contribution is -0.139. The third-order valence-corrected chi connectivity index (χ3v) is 2.97. The first-order chi connectivity index (χ1) is 9.26. The molecule has 0 bridgehead atoms. The maximum Gasteiger partial charge on any atom is 0.407 e. The Morgan fingerprint density at radius 1 is 1.30 bits per heavy atom. The standard InChI is InChI=1S/C13H26N2O4S/c1-13(2,3)19-12(18)15-8-5-7-14-10(11(16)17)6-9-20-4/h10,14H,5-9H2,1-4H3,(H,15,18)(H,16,17)/t10-/m0/s1. The van der Waals surface area contributed by atoms with Crippen LogP contribution in [0.5, 0.6) is 0 Å². The molecule has 0 heterocycles. The minimum Gasteiger partial charge on any atom is -0.480 e. The van der Waals surface area contributed by atoms with E-state index in [0.717, 1.165) is 5.75 Å². The van der Waals surface area contributed by atoms with E-state index in [2.05, 4.69) is 10.6 Å². The summed E-state index contributed by atoms with van der Waals surface area (Å²) in [6, 6.07) is -0.524. The number of aliphatic carboxylic acids is 1. The second-order valence-corrected chi connectivity index (χ2v) is 6.39. The van der Waals surface area contributed by atoms with Gasteiger partial charge in [0.25, 0.3) is 0 Å². The van der Waals surface area contributed by atoms with Gasteiger partial charge in [0.2, 0.25) is 0 Å². The number of carboxylic acid groups (broad SMARTS) is 1. The second-order valence-electron chi connectivity index (χ2n) is 5.41. The molecular formula is C13H26N2O4S. The van der Waals surface area contributed by atoms with E-state index in [1.165, 1.54) is 0 Å². The summed E-state index contributed by atoms with van der Waals surface area (Å²) in [6.07, 6.45) is 2.75. The molecule has 0 aliphatic heterocycles. The Kier molecular flexibility index (Phi) is 9.41. The molecule has 0 aromatic rings. The lowest BCUT2D eigenvalue weighted by Crippen LogP contribution is -2.39. The molecule has 20 heavy (non-hydrogen) atoms. The summed E-state index contributed by atoms with van der Waals surface area (Å²) in [5.74, 6) is -0.0284. The monoisotopic (exact) mass is 306 g/mol. The molecule has 0 aliphatic carbocycles. The van der Waals surface area contributed by atoms with Gasteiger partial charge in [0.1, 0.15) is 11.6 Å². The van der Waals surface area contributed by atoms with Crippen LogP contribution in [0.1, 0.15) is 33.6 Å². The summed E-state index contributed by atoms with van der Waals surface area (Å²) >= 11 is 1.62. The normalized spacial score (nSPS) is 12.8. The molecule has 7 heteroatoms. The van der Waals surface area contributed by atoms with Gasteiger partial charge in [-0.3, -0.25) is 4.79 Å². The average molecular weight is 306 g/mol. The van der Waals surface area contributed by atoms with Crippen molar-refractivity contribution in [3.8, 4) is 0 Å². The Labute approximate surface area is 125 Å². The predicted molar refractivity (Wildman–Crippen MR) is 81.3 cm³/mol. The van der Waals surface area contributed by atoms with Gasteiger partial charge in [0.05, 0.1) is 0 Å². The topological polar surface area (TPSA) is 87.7 Å². The number of hydrogen-bond acceptors (Lipinski definition) is 5. The zero-order chi connectivity index (χ0) is 15.6. The highest BCUT2D eigenvalue weighted by molar-refractivity contribution is 7.98. The van der Waals surface area contributed by atoms with Crippen molar-refractivity contribution in [2.45, 2.75) is 45.3 Å². The number of ether oxygens (including phenoxy) is 1. The summed E-state index contributed by atoms with van der Waals surface area (Å²) in [5.41, 5.74) is -0.505. The first kappa shape index (κ1) is 19.1. The number of carboxylic acids is 1. The van der Waals surface area contributed by atoms with Crippen LogP contribution in [0.15, 0.2) is 0 Å². The highest BCUT2D eigenvalue weighted by Crippen LogP contribution is 2.06. The fourth-order valence-corrected chi connectivity index (χ4v) is 1.89. The minimum absolute atomic E-state index is 0.449. The number of amides is 1. The molecule has 1 atom stereocenters. The molecule has 0 aliphatic rings. The lowest BCUT2D eigenvalue weighted by Gasteiger charge is -2.19. The van der Waals surface area contributed by atoms with Crippen LogP contribution in [0.25, 0.3) is 0 Å². The van der Waals surface area contributed by atoms with Gasteiger partial charge in [0, 0.05) is 6.54 Å². The van der Waals surface area contributed by atoms with Gasteiger partial charge in [-0.05, 0) is 52.2 Å². The van der Waals surface area contributed by atoms with Crippen LogP contribution in [0, 0.1) is 0 Å². The van der Waals surface area contributed by atoms with Crippen molar-refractivity contribution in [2.24, 2.45) is 0 Å². The molecular weight excluding hydrogens is 280 g/mol. The van der Waals surface area contributed by atoms with Crippen LogP contribution in [0.3, 0.4) is 0 Å². The number of alkyl carbamates (subject to hydrolysis) is 1. The fraction of sp³-hybridized carbons (Fsp3) is 0.846. The third-order valence-electron chi connectivity index (χ3n) is 2.32. The van der Waals surface area contributed by atoms with Gasteiger partial charge in [-0.25, -0.2) is 4.79 Å². The number of thioether (sulfide) groups is 1. The molecule has 0 radical (unpaired) electrons. The highest BCUT2D eigenvalue weighted by atomic mass is 32.2. The summed E-state index contributed by atoms with van der Waals surface area (Å²) in [5, 5.41) is 14.6. The number of carbonyl (C=O) groups is 2. The van der Waals surface area contributed by atoms with Gasteiger partial charge in [-0.2, -0.15) is 11.8 Å². The minimum atomic E-state index is -0.834. The van der Waals surface area contributed by atoms with E-state index in [9.17, 15) is 9.59 Å². The van der Waals surface area contributed by atoms with Crippen LogP contribution >= 0.6 is 11.8 Å². The average Bonchev–Trinajstić information content (AvgIpc) is 2.29. The van der Waals surface area contributed by atoms with Crippen LogP contribution in [0.4, 0.5) is 4.79 Å². The van der Waals surface area contributed by atoms with Crippen LogP contribution in [-0.2, 0) is 9.53 Å². The molecule has 3 N–H and O–H groups in total. The van der Waals surface area contributed by atoms with Crippen LogP contribution < -0.4 is 10.6 Å². The fourth-order valence-electron chi connectivity index (χ4n) is 1.42. The molecule has 0 fully saturated rings. The Bertz CT molecular complexity index is 305. The van der Waals surface area contributed by atoms with E-state index < -0.39 is 23.7 Å². The van der Waals surface area contributed by atoms with E-state index >= 15 is 0 Å². The number of nitrogens with one attached hydrogen (secondary N) is 2. The molecule has 6 nitrogen and oxygen atoms in total. The first-order valence-corrected chi connectivity index (χ1v) is 8.07. The molecule has 0 aromatic heterocycles. The van der Waals surface area contributed by atoms with Gasteiger partial charge >= 0.3 is 12.1 Å². The van der Waals surface area contributed by atoms with Crippen LogP contribution in [-0.4, -0.2) is 53.9 Å². The smallest absolute Gasteiger partial charge is 0.407 e. The maximum atomic E-state index is 11.4. The molecule has 0 saturated heterocycles. The highest BCUT2D eigenvalue weighted by Gasteiger charge is 2.16. The van der Waals surface area contributed by atoms with Crippen molar-refractivity contribution in [3.63, 3.8) is 0 Å². The number of rotatable bonds is 9. The van der Waals surface area contributed by atoms with E-state index in [-0.39, 0.29) is 0 Å². The van der Waals surface area contributed by atoms with Crippen LogP contribution in [0.2, 0.25) is 0 Å². The summed E-state index contributed by atoms with van der Waals surface area (Å²) in [7, 11) is 0. The van der Waals surface area contributed by atoms with Gasteiger partial charge in [-0.1, -0.05) is 0 Å². The first-order valence-electron chi connectivity index (χ1n) is 6.68. The Hall–Kier alpha value is -0.950. The van der Waals surface area contributed by atoms with Gasteiger partial charge in [0.15, 0.2) is 0 Å². The second kappa shape index (κ2) is 9.88. The van der Waals surface area contributed by atoms with E-state index in [4.69, 9.17) is 9.84 Å². The van der Waals surface area contributed by atoms with Crippen molar-refractivity contribution in [1.82, 2.24) is 10.6 Å². The van der Waals surface area contributed by atoms with Crippen molar-refractivity contribution in [2.75, 3.05) is 25.1 Å². The SMILES string of the molecule is CSCC[C@H](NCCCNC(=O)OC(C)(C)C)C(=O)O. The van der Waals surface area contributed by atoms with Gasteiger partial charge < -0.3 is 20.5 Å². The molecule has 0 unspecified atom stereocenters. The van der Waals surface area contributed by atoms with Crippen molar-refractivity contribution in [3.05, 3.63) is 0 Å². The van der Waals surface area contributed by atoms with Crippen molar-refractivity contribution < 1.29 is 19.4 Å². The summed E-state index contributed by atoms with van der Waals surface area (Å²) < 4.78 is 5.09. The molecule has 1 amide bonds. The molecule has 0 saturated carbocycles. The lowest BCUT2D eigenvalue weighted by atomic mass is 10.2. The molecule has 0 spiro atoms.